The number of piperidine rings is 1. The van der Waals surface area contributed by atoms with Gasteiger partial charge in [0.05, 0.1) is 0 Å². The van der Waals surface area contributed by atoms with Crippen molar-refractivity contribution in [2.24, 2.45) is 0 Å². The van der Waals surface area contributed by atoms with E-state index in [0.717, 1.165) is 11.0 Å². The number of aryl methyl sites for hydroxylation is 1. The minimum Gasteiger partial charge on any atom is -0.299 e. The third kappa shape index (κ3) is 2.61. The molecule has 0 unspecified atom stereocenters. The van der Waals surface area contributed by atoms with Crippen LogP contribution in [0, 0.1) is 0 Å². The molecule has 3 heteroatoms. The largest absolute Gasteiger partial charge is 0.299 e. The van der Waals surface area contributed by atoms with E-state index in [1.165, 1.54) is 55.6 Å². The lowest BCUT2D eigenvalue weighted by atomic mass is 9.76. The van der Waals surface area contributed by atoms with Gasteiger partial charge < -0.3 is 0 Å². The summed E-state index contributed by atoms with van der Waals surface area (Å²) >= 11 is 3.55. The third-order valence-corrected chi connectivity index (χ3v) is 5.80. The fourth-order valence-corrected chi connectivity index (χ4v) is 4.49. The number of hydrogen-bond donors (Lipinski definition) is 0. The summed E-state index contributed by atoms with van der Waals surface area (Å²) in [5, 5.41) is 0. The predicted molar refractivity (Wildman–Crippen MR) is 92.9 cm³/mol. The molecule has 1 aliphatic heterocycles. The number of fused-ring (bicyclic) bond motifs is 2. The minimum atomic E-state index is 0.350. The average Bonchev–Trinajstić information content (AvgIpc) is 2.89. The van der Waals surface area contributed by atoms with Crippen LogP contribution in [0.5, 0.6) is 0 Å². The van der Waals surface area contributed by atoms with Gasteiger partial charge in [-0.1, -0.05) is 30.3 Å². The maximum absolute atomic E-state index is 4.78. The molecule has 2 aliphatic rings. The van der Waals surface area contributed by atoms with E-state index in [1.54, 1.807) is 0 Å². The molecule has 1 aliphatic carbocycles. The van der Waals surface area contributed by atoms with Crippen LogP contribution in [-0.2, 0) is 18.4 Å². The Labute approximate surface area is 140 Å². The predicted octanol–water partition coefficient (Wildman–Crippen LogP) is 4.32. The number of rotatable bonds is 2. The lowest BCUT2D eigenvalue weighted by Gasteiger charge is -2.39. The first-order chi connectivity index (χ1) is 10.8. The number of hydrogen-bond acceptors (Lipinski definition) is 2. The van der Waals surface area contributed by atoms with E-state index in [1.807, 2.05) is 6.20 Å². The van der Waals surface area contributed by atoms with Crippen molar-refractivity contribution in [3.05, 3.63) is 63.9 Å². The van der Waals surface area contributed by atoms with Gasteiger partial charge in [-0.05, 0) is 71.9 Å². The van der Waals surface area contributed by atoms with Gasteiger partial charge in [0.15, 0.2) is 0 Å². The Morgan fingerprint density at radius 2 is 1.86 bits per heavy atom. The van der Waals surface area contributed by atoms with E-state index in [0.29, 0.717) is 5.41 Å². The Balaban J connectivity index is 1.47. The van der Waals surface area contributed by atoms with E-state index in [4.69, 9.17) is 4.98 Å². The van der Waals surface area contributed by atoms with Crippen LogP contribution in [0.2, 0.25) is 0 Å². The fourth-order valence-electron chi connectivity index (χ4n) is 4.11. The molecule has 0 bridgehead atoms. The van der Waals surface area contributed by atoms with Gasteiger partial charge in [0, 0.05) is 28.3 Å². The number of nitrogens with zero attached hydrogens (tertiary/aromatic N) is 2. The SMILES string of the molecule is Brc1cnc2c(c1)CCC21CCN(Cc2ccccc2)CC1. The number of aromatic nitrogens is 1. The summed E-state index contributed by atoms with van der Waals surface area (Å²) in [6, 6.07) is 13.1. The number of likely N-dealkylation sites (tertiary alicyclic amines) is 1. The Hall–Kier alpha value is -1.19. The molecule has 1 fully saturated rings. The Morgan fingerprint density at radius 1 is 1.09 bits per heavy atom. The first-order valence-electron chi connectivity index (χ1n) is 8.16. The van der Waals surface area contributed by atoms with Crippen LogP contribution in [-0.4, -0.2) is 23.0 Å². The summed E-state index contributed by atoms with van der Waals surface area (Å²) in [4.78, 5) is 7.37. The van der Waals surface area contributed by atoms with Crippen LogP contribution in [0.1, 0.15) is 36.1 Å². The molecule has 1 saturated heterocycles. The Kier molecular flexibility index (Phi) is 3.79. The lowest BCUT2D eigenvalue weighted by Crippen LogP contribution is -2.41. The van der Waals surface area contributed by atoms with Gasteiger partial charge >= 0.3 is 0 Å². The lowest BCUT2D eigenvalue weighted by molar-refractivity contribution is 0.150. The zero-order valence-corrected chi connectivity index (χ0v) is 14.3. The first kappa shape index (κ1) is 14.4. The first-order valence-corrected chi connectivity index (χ1v) is 8.96. The number of halogens is 1. The summed E-state index contributed by atoms with van der Waals surface area (Å²) in [6.45, 7) is 3.45. The highest BCUT2D eigenvalue weighted by molar-refractivity contribution is 9.10. The quantitative estimate of drug-likeness (QED) is 0.796. The Bertz CT molecular complexity index is 660. The van der Waals surface area contributed by atoms with Crippen LogP contribution in [0.3, 0.4) is 0 Å². The number of benzene rings is 1. The molecule has 2 heterocycles. The zero-order chi connectivity index (χ0) is 15.0. The molecule has 0 amide bonds. The molecule has 1 aromatic carbocycles. The summed E-state index contributed by atoms with van der Waals surface area (Å²) in [6.07, 6.45) is 6.95. The monoisotopic (exact) mass is 356 g/mol. The molecule has 1 aromatic heterocycles. The molecule has 0 saturated carbocycles. The van der Waals surface area contributed by atoms with Crippen LogP contribution >= 0.6 is 15.9 Å². The van der Waals surface area contributed by atoms with Crippen molar-refractivity contribution in [2.75, 3.05) is 13.1 Å². The average molecular weight is 357 g/mol. The van der Waals surface area contributed by atoms with Crippen LogP contribution < -0.4 is 0 Å². The van der Waals surface area contributed by atoms with E-state index in [2.05, 4.69) is 57.2 Å². The van der Waals surface area contributed by atoms with Crippen molar-refractivity contribution in [1.82, 2.24) is 9.88 Å². The maximum Gasteiger partial charge on any atom is 0.0499 e. The molecule has 0 N–H and O–H groups in total. The van der Waals surface area contributed by atoms with E-state index in [9.17, 15) is 0 Å². The van der Waals surface area contributed by atoms with Crippen molar-refractivity contribution < 1.29 is 0 Å². The van der Waals surface area contributed by atoms with Crippen LogP contribution in [0.4, 0.5) is 0 Å². The summed E-state index contributed by atoms with van der Waals surface area (Å²) in [5.74, 6) is 0. The fraction of sp³-hybridized carbons (Fsp3) is 0.421. The Morgan fingerprint density at radius 3 is 2.64 bits per heavy atom. The second-order valence-electron chi connectivity index (χ2n) is 6.70. The van der Waals surface area contributed by atoms with Crippen molar-refractivity contribution in [3.63, 3.8) is 0 Å². The van der Waals surface area contributed by atoms with E-state index >= 15 is 0 Å². The van der Waals surface area contributed by atoms with Gasteiger partial charge in [-0.3, -0.25) is 9.88 Å². The highest BCUT2D eigenvalue weighted by Gasteiger charge is 2.42. The number of pyridine rings is 1. The van der Waals surface area contributed by atoms with Crippen molar-refractivity contribution in [3.8, 4) is 0 Å². The normalized spacial score (nSPS) is 20.2. The molecule has 4 rings (SSSR count). The van der Waals surface area contributed by atoms with Crippen LogP contribution in [0.15, 0.2) is 47.1 Å². The van der Waals surface area contributed by atoms with Gasteiger partial charge in [-0.2, -0.15) is 0 Å². The smallest absolute Gasteiger partial charge is 0.0499 e. The van der Waals surface area contributed by atoms with Gasteiger partial charge in [0.1, 0.15) is 0 Å². The topological polar surface area (TPSA) is 16.1 Å². The van der Waals surface area contributed by atoms with Crippen molar-refractivity contribution in [2.45, 2.75) is 37.6 Å². The maximum atomic E-state index is 4.78. The molecule has 22 heavy (non-hydrogen) atoms. The van der Waals surface area contributed by atoms with E-state index in [-0.39, 0.29) is 0 Å². The molecule has 0 atom stereocenters. The second kappa shape index (κ2) is 5.78. The highest BCUT2D eigenvalue weighted by atomic mass is 79.9. The van der Waals surface area contributed by atoms with Gasteiger partial charge in [-0.15, -0.1) is 0 Å². The summed E-state index contributed by atoms with van der Waals surface area (Å²) in [5.41, 5.74) is 4.62. The van der Waals surface area contributed by atoms with Crippen LogP contribution in [0.25, 0.3) is 0 Å². The standard InChI is InChI=1S/C19H21BrN2/c20-17-12-16-6-7-19(18(16)21-13-17)8-10-22(11-9-19)14-15-4-2-1-3-5-15/h1-5,12-13H,6-11,14H2. The van der Waals surface area contributed by atoms with Gasteiger partial charge in [-0.25, -0.2) is 0 Å². The van der Waals surface area contributed by atoms with Crippen molar-refractivity contribution in [1.29, 1.82) is 0 Å². The summed E-state index contributed by atoms with van der Waals surface area (Å²) in [7, 11) is 0. The molecule has 2 nitrogen and oxygen atoms in total. The summed E-state index contributed by atoms with van der Waals surface area (Å²) < 4.78 is 1.12. The van der Waals surface area contributed by atoms with Gasteiger partial charge in [0.2, 0.25) is 0 Å². The van der Waals surface area contributed by atoms with Crippen molar-refractivity contribution >= 4 is 15.9 Å². The van der Waals surface area contributed by atoms with E-state index < -0.39 is 0 Å². The molecular formula is C19H21BrN2. The van der Waals surface area contributed by atoms with Gasteiger partial charge in [0.25, 0.3) is 0 Å². The highest BCUT2D eigenvalue weighted by Crippen LogP contribution is 2.45. The zero-order valence-electron chi connectivity index (χ0n) is 12.8. The second-order valence-corrected chi connectivity index (χ2v) is 7.62. The minimum absolute atomic E-state index is 0.350. The molecule has 0 radical (unpaired) electrons. The molecule has 1 spiro atoms. The molecule has 114 valence electrons. The molecule has 2 aromatic rings. The third-order valence-electron chi connectivity index (χ3n) is 5.37. The molecular weight excluding hydrogens is 336 g/mol.